The van der Waals surface area contributed by atoms with E-state index in [1.807, 2.05) is 0 Å². The van der Waals surface area contributed by atoms with E-state index in [2.05, 4.69) is 62.6 Å². The van der Waals surface area contributed by atoms with Gasteiger partial charge >= 0.3 is 0 Å². The van der Waals surface area contributed by atoms with Crippen molar-refractivity contribution in [1.82, 2.24) is 19.9 Å². The lowest BCUT2D eigenvalue weighted by Crippen LogP contribution is -2.47. The van der Waals surface area contributed by atoms with Crippen LogP contribution in [0.5, 0.6) is 0 Å². The number of anilines is 2. The van der Waals surface area contributed by atoms with Crippen LogP contribution in [0.1, 0.15) is 57.3 Å². The molecule has 0 aromatic carbocycles. The van der Waals surface area contributed by atoms with Crippen LogP contribution < -0.4 is 9.80 Å². The van der Waals surface area contributed by atoms with Gasteiger partial charge in [-0.1, -0.05) is 27.2 Å². The van der Waals surface area contributed by atoms with Gasteiger partial charge in [0.2, 0.25) is 0 Å². The fourth-order valence-electron chi connectivity index (χ4n) is 3.56. The molecule has 1 aliphatic heterocycles. The third-order valence-electron chi connectivity index (χ3n) is 5.55. The van der Waals surface area contributed by atoms with Gasteiger partial charge in [0, 0.05) is 55.3 Å². The van der Waals surface area contributed by atoms with Crippen molar-refractivity contribution in [3.63, 3.8) is 0 Å². The van der Waals surface area contributed by atoms with Crippen LogP contribution in [0.3, 0.4) is 0 Å². The van der Waals surface area contributed by atoms with Crippen LogP contribution in [0.4, 0.5) is 11.6 Å². The van der Waals surface area contributed by atoms with Crippen molar-refractivity contribution in [2.75, 3.05) is 36.0 Å². The average Bonchev–Trinajstić information content (AvgIpc) is 2.60. The first kappa shape index (κ1) is 17.2. The number of aromatic nitrogens is 4. The molecule has 1 saturated carbocycles. The summed E-state index contributed by atoms with van der Waals surface area (Å²) in [5, 5.41) is 0. The molecule has 0 bridgehead atoms. The van der Waals surface area contributed by atoms with Crippen LogP contribution >= 0.6 is 0 Å². The van der Waals surface area contributed by atoms with E-state index < -0.39 is 0 Å². The van der Waals surface area contributed by atoms with E-state index >= 15 is 0 Å². The van der Waals surface area contributed by atoms with E-state index in [1.165, 1.54) is 25.0 Å². The molecule has 0 radical (unpaired) electrons. The van der Waals surface area contributed by atoms with Gasteiger partial charge in [0.1, 0.15) is 24.3 Å². The van der Waals surface area contributed by atoms with Gasteiger partial charge < -0.3 is 9.80 Å². The summed E-state index contributed by atoms with van der Waals surface area (Å²) < 4.78 is 0. The molecule has 1 aliphatic carbocycles. The molecule has 0 spiro atoms. The Morgan fingerprint density at radius 2 is 1.38 bits per heavy atom. The number of nitrogens with zero attached hydrogens (tertiary/aromatic N) is 6. The lowest BCUT2D eigenvalue weighted by Gasteiger charge is -2.36. The van der Waals surface area contributed by atoms with Gasteiger partial charge in [-0.25, -0.2) is 19.9 Å². The molecule has 138 valence electrons. The second kappa shape index (κ2) is 6.82. The van der Waals surface area contributed by atoms with Crippen LogP contribution in [0, 0.1) is 0 Å². The van der Waals surface area contributed by atoms with Crippen LogP contribution in [-0.4, -0.2) is 46.1 Å². The monoisotopic (exact) mass is 352 g/mol. The Balaban J connectivity index is 1.43. The van der Waals surface area contributed by atoms with Gasteiger partial charge in [-0.2, -0.15) is 0 Å². The van der Waals surface area contributed by atoms with Crippen LogP contribution in [0.25, 0.3) is 0 Å². The SMILES string of the molecule is CC(C)(C)c1cc(N2CCN(c3cc(C4CCC4)ncn3)CC2)ncn1. The molecule has 6 nitrogen and oxygen atoms in total. The molecule has 2 aromatic rings. The maximum atomic E-state index is 4.52. The molecular formula is C20H28N6. The summed E-state index contributed by atoms with van der Waals surface area (Å²) in [5.74, 6) is 2.75. The van der Waals surface area contributed by atoms with E-state index in [1.54, 1.807) is 12.7 Å². The van der Waals surface area contributed by atoms with Gasteiger partial charge in [-0.15, -0.1) is 0 Å². The molecule has 0 amide bonds. The van der Waals surface area contributed by atoms with Gasteiger partial charge in [0.05, 0.1) is 5.69 Å². The number of hydrogen-bond donors (Lipinski definition) is 0. The third kappa shape index (κ3) is 3.50. The highest BCUT2D eigenvalue weighted by Crippen LogP contribution is 2.36. The normalized spacial score (nSPS) is 18.7. The summed E-state index contributed by atoms with van der Waals surface area (Å²) >= 11 is 0. The van der Waals surface area contributed by atoms with Gasteiger partial charge in [0.15, 0.2) is 0 Å². The highest BCUT2D eigenvalue weighted by Gasteiger charge is 2.24. The molecule has 2 fully saturated rings. The van der Waals surface area contributed by atoms with Crippen molar-refractivity contribution in [2.45, 2.75) is 51.4 Å². The molecule has 4 rings (SSSR count). The topological polar surface area (TPSA) is 58.0 Å². The number of piperazine rings is 1. The Bertz CT molecular complexity index is 757. The molecule has 3 heterocycles. The fraction of sp³-hybridized carbons (Fsp3) is 0.600. The highest BCUT2D eigenvalue weighted by atomic mass is 15.3. The van der Waals surface area contributed by atoms with Crippen molar-refractivity contribution < 1.29 is 0 Å². The zero-order chi connectivity index (χ0) is 18.1. The second-order valence-corrected chi connectivity index (χ2v) is 8.41. The maximum absolute atomic E-state index is 4.52. The minimum Gasteiger partial charge on any atom is -0.353 e. The summed E-state index contributed by atoms with van der Waals surface area (Å²) in [6.07, 6.45) is 7.30. The lowest BCUT2D eigenvalue weighted by molar-refractivity contribution is 0.410. The molecule has 2 aliphatic rings. The first-order valence-corrected chi connectivity index (χ1v) is 9.65. The Morgan fingerprint density at radius 1 is 0.808 bits per heavy atom. The summed E-state index contributed by atoms with van der Waals surface area (Å²) in [4.78, 5) is 22.7. The Kier molecular flexibility index (Phi) is 4.51. The summed E-state index contributed by atoms with van der Waals surface area (Å²) in [5.41, 5.74) is 2.35. The molecule has 0 N–H and O–H groups in total. The zero-order valence-corrected chi connectivity index (χ0v) is 16.0. The van der Waals surface area contributed by atoms with Crippen LogP contribution in [0.15, 0.2) is 24.8 Å². The summed E-state index contributed by atoms with van der Waals surface area (Å²) in [6.45, 7) is 10.4. The standard InChI is InChI=1S/C20H28N6/c1-20(2,3)17-12-19(24-14-22-17)26-9-7-25(8-10-26)18-11-16(21-13-23-18)15-5-4-6-15/h11-15H,4-10H2,1-3H3. The van der Waals surface area contributed by atoms with Gasteiger partial charge in [-0.3, -0.25) is 0 Å². The Morgan fingerprint density at radius 3 is 1.92 bits per heavy atom. The fourth-order valence-corrected chi connectivity index (χ4v) is 3.56. The van der Waals surface area contributed by atoms with E-state index in [0.29, 0.717) is 5.92 Å². The molecule has 0 unspecified atom stereocenters. The molecule has 2 aromatic heterocycles. The Labute approximate surface area is 155 Å². The Hall–Kier alpha value is -2.24. The quantitative estimate of drug-likeness (QED) is 0.846. The summed E-state index contributed by atoms with van der Waals surface area (Å²) in [6, 6.07) is 4.33. The van der Waals surface area contributed by atoms with Crippen molar-refractivity contribution >= 4 is 11.6 Å². The van der Waals surface area contributed by atoms with Crippen molar-refractivity contribution in [1.29, 1.82) is 0 Å². The van der Waals surface area contributed by atoms with Crippen molar-refractivity contribution in [2.24, 2.45) is 0 Å². The maximum Gasteiger partial charge on any atom is 0.132 e. The molecule has 1 saturated heterocycles. The van der Waals surface area contributed by atoms with Crippen molar-refractivity contribution in [3.05, 3.63) is 36.2 Å². The minimum absolute atomic E-state index is 0.0401. The highest BCUT2D eigenvalue weighted by molar-refractivity contribution is 5.46. The predicted octanol–water partition coefficient (Wildman–Crippen LogP) is 3.16. The van der Waals surface area contributed by atoms with Crippen LogP contribution in [0.2, 0.25) is 0 Å². The molecule has 0 atom stereocenters. The van der Waals surface area contributed by atoms with E-state index in [9.17, 15) is 0 Å². The largest absolute Gasteiger partial charge is 0.353 e. The lowest BCUT2D eigenvalue weighted by atomic mass is 9.83. The molecule has 26 heavy (non-hydrogen) atoms. The van der Waals surface area contributed by atoms with Gasteiger partial charge in [0.25, 0.3) is 0 Å². The van der Waals surface area contributed by atoms with E-state index in [0.717, 1.165) is 43.5 Å². The molecule has 6 heteroatoms. The van der Waals surface area contributed by atoms with E-state index in [-0.39, 0.29) is 5.41 Å². The predicted molar refractivity (Wildman–Crippen MR) is 104 cm³/mol. The van der Waals surface area contributed by atoms with Gasteiger partial charge in [-0.05, 0) is 12.8 Å². The first-order chi connectivity index (χ1) is 12.5. The average molecular weight is 352 g/mol. The zero-order valence-electron chi connectivity index (χ0n) is 16.0. The van der Waals surface area contributed by atoms with E-state index in [4.69, 9.17) is 0 Å². The van der Waals surface area contributed by atoms with Crippen LogP contribution in [-0.2, 0) is 5.41 Å². The first-order valence-electron chi connectivity index (χ1n) is 9.65. The van der Waals surface area contributed by atoms with Crippen molar-refractivity contribution in [3.8, 4) is 0 Å². The second-order valence-electron chi connectivity index (χ2n) is 8.41. The number of hydrogen-bond acceptors (Lipinski definition) is 6. The minimum atomic E-state index is 0.0401. The number of rotatable bonds is 3. The third-order valence-corrected chi connectivity index (χ3v) is 5.55. The molecular weight excluding hydrogens is 324 g/mol. The smallest absolute Gasteiger partial charge is 0.132 e. The summed E-state index contributed by atoms with van der Waals surface area (Å²) in [7, 11) is 0.